The van der Waals surface area contributed by atoms with Crippen molar-refractivity contribution in [1.82, 2.24) is 4.98 Å². The van der Waals surface area contributed by atoms with E-state index in [0.717, 1.165) is 0 Å². The average molecular weight is 523 g/mol. The van der Waals surface area contributed by atoms with Gasteiger partial charge in [-0.1, -0.05) is 12.1 Å². The van der Waals surface area contributed by atoms with Crippen LogP contribution in [0.3, 0.4) is 0 Å². The molecule has 1 aromatic carbocycles. The van der Waals surface area contributed by atoms with E-state index in [0.29, 0.717) is 5.56 Å². The van der Waals surface area contributed by atoms with Gasteiger partial charge in [-0.05, 0) is 29.8 Å². The van der Waals surface area contributed by atoms with Crippen LogP contribution in [-0.2, 0) is 25.6 Å². The van der Waals surface area contributed by atoms with E-state index in [4.69, 9.17) is 23.7 Å². The Labute approximate surface area is 211 Å². The van der Waals surface area contributed by atoms with Gasteiger partial charge in [0, 0.05) is 12.4 Å². The molecule has 0 saturated carbocycles. The smallest absolute Gasteiger partial charge is 0.339 e. The van der Waals surface area contributed by atoms with Gasteiger partial charge in [0.25, 0.3) is 0 Å². The molecule has 0 amide bonds. The van der Waals surface area contributed by atoms with Crippen LogP contribution in [0.2, 0.25) is 0 Å². The van der Waals surface area contributed by atoms with E-state index >= 15 is 0 Å². The van der Waals surface area contributed by atoms with Crippen LogP contribution in [0, 0.1) is 0 Å². The Morgan fingerprint density at radius 2 is 1.84 bits per heavy atom. The minimum Gasteiger partial charge on any atom is -0.462 e. The van der Waals surface area contributed by atoms with E-state index in [2.05, 4.69) is 4.98 Å². The maximum Gasteiger partial charge on any atom is 0.339 e. The number of esters is 1. The Morgan fingerprint density at radius 3 is 2.49 bits per heavy atom. The molecule has 1 aromatic heterocycles. The fourth-order valence-electron chi connectivity index (χ4n) is 3.91. The number of hydrogen-bond donors (Lipinski definition) is 6. The Balaban J connectivity index is 1.44. The van der Waals surface area contributed by atoms with Crippen molar-refractivity contribution < 1.29 is 59.1 Å². The number of aliphatic hydroxyl groups is 6. The number of carbonyl (C=O) groups is 1. The van der Waals surface area contributed by atoms with Crippen molar-refractivity contribution in [1.29, 1.82) is 0 Å². The molecule has 2 saturated heterocycles. The molecule has 8 atom stereocenters. The molecule has 8 unspecified atom stereocenters. The first-order chi connectivity index (χ1) is 17.8. The molecular formula is C24H29NO12. The number of pyridine rings is 1. The molecule has 4 rings (SSSR count). The van der Waals surface area contributed by atoms with Crippen LogP contribution in [0.1, 0.15) is 15.9 Å². The highest BCUT2D eigenvalue weighted by Crippen LogP contribution is 2.32. The molecule has 0 radical (unpaired) electrons. The fourth-order valence-corrected chi connectivity index (χ4v) is 3.91. The number of aromatic nitrogens is 1. The van der Waals surface area contributed by atoms with Gasteiger partial charge in [0.2, 0.25) is 6.29 Å². The zero-order chi connectivity index (χ0) is 26.6. The summed E-state index contributed by atoms with van der Waals surface area (Å²) in [6.45, 7) is -1.91. The first kappa shape index (κ1) is 27.3. The van der Waals surface area contributed by atoms with E-state index < -0.39 is 74.5 Å². The molecule has 2 fully saturated rings. The van der Waals surface area contributed by atoms with Gasteiger partial charge < -0.3 is 54.3 Å². The van der Waals surface area contributed by atoms with Crippen LogP contribution < -0.4 is 4.74 Å². The number of rotatable bonds is 9. The molecule has 2 aliphatic rings. The first-order valence-corrected chi connectivity index (χ1v) is 11.5. The third-order valence-electron chi connectivity index (χ3n) is 6.13. The quantitative estimate of drug-likeness (QED) is 0.199. The van der Waals surface area contributed by atoms with Crippen molar-refractivity contribution in [2.24, 2.45) is 0 Å². The van der Waals surface area contributed by atoms with E-state index in [-0.39, 0.29) is 17.9 Å². The lowest BCUT2D eigenvalue weighted by Crippen LogP contribution is -2.62. The van der Waals surface area contributed by atoms with E-state index in [1.165, 1.54) is 36.7 Å². The summed E-state index contributed by atoms with van der Waals surface area (Å²) in [5.41, 5.74) is -1.26. The van der Waals surface area contributed by atoms with E-state index in [1.807, 2.05) is 0 Å². The minimum absolute atomic E-state index is 0.147. The van der Waals surface area contributed by atoms with Gasteiger partial charge in [-0.2, -0.15) is 0 Å². The lowest BCUT2D eigenvalue weighted by atomic mass is 9.98. The molecule has 13 heteroatoms. The van der Waals surface area contributed by atoms with Gasteiger partial charge in [-0.3, -0.25) is 4.98 Å². The molecule has 0 spiro atoms. The van der Waals surface area contributed by atoms with Crippen LogP contribution >= 0.6 is 0 Å². The second kappa shape index (κ2) is 11.8. The number of carbonyl (C=O) groups excluding carboxylic acids is 1. The van der Waals surface area contributed by atoms with Gasteiger partial charge >= 0.3 is 5.97 Å². The third-order valence-corrected chi connectivity index (χ3v) is 6.13. The van der Waals surface area contributed by atoms with Crippen molar-refractivity contribution in [3.8, 4) is 5.75 Å². The van der Waals surface area contributed by atoms with Crippen molar-refractivity contribution >= 4 is 5.97 Å². The zero-order valence-electron chi connectivity index (χ0n) is 19.6. The second-order valence-electron chi connectivity index (χ2n) is 8.77. The van der Waals surface area contributed by atoms with Gasteiger partial charge in [0.15, 0.2) is 18.0 Å². The van der Waals surface area contributed by atoms with Gasteiger partial charge in [-0.15, -0.1) is 0 Å². The lowest BCUT2D eigenvalue weighted by molar-refractivity contribution is -0.318. The Kier molecular flexibility index (Phi) is 8.69. The van der Waals surface area contributed by atoms with Crippen molar-refractivity contribution in [2.45, 2.75) is 55.3 Å². The van der Waals surface area contributed by atoms with Crippen LogP contribution in [0.5, 0.6) is 5.75 Å². The minimum atomic E-state index is -2.04. The summed E-state index contributed by atoms with van der Waals surface area (Å²) in [5, 5.41) is 61.3. The highest BCUT2D eigenvalue weighted by molar-refractivity contribution is 5.88. The number of aliphatic hydroxyl groups excluding tert-OH is 5. The molecule has 37 heavy (non-hydrogen) atoms. The number of benzene rings is 1. The number of ether oxygens (including phenoxy) is 5. The predicted octanol–water partition coefficient (Wildman–Crippen LogP) is -1.92. The highest BCUT2D eigenvalue weighted by Gasteiger charge is 2.54. The van der Waals surface area contributed by atoms with Crippen molar-refractivity contribution in [3.63, 3.8) is 0 Å². The SMILES string of the molecule is O=C(OCC1(O)COC(OC2C(Oc3ccc(CO)cc3)OC(CO)C(O)C2O)C1O)c1cccnc1. The summed E-state index contributed by atoms with van der Waals surface area (Å²) in [6.07, 6.45) is -7.69. The van der Waals surface area contributed by atoms with Crippen LogP contribution in [-0.4, -0.2) is 110 Å². The largest absolute Gasteiger partial charge is 0.462 e. The third kappa shape index (κ3) is 6.06. The molecule has 3 heterocycles. The highest BCUT2D eigenvalue weighted by atomic mass is 16.8. The molecule has 2 aliphatic heterocycles. The van der Waals surface area contributed by atoms with Gasteiger partial charge in [-0.25, -0.2) is 4.79 Å². The normalized spacial score (nSPS) is 33.7. The lowest BCUT2D eigenvalue weighted by Gasteiger charge is -2.42. The van der Waals surface area contributed by atoms with Crippen molar-refractivity contribution in [2.75, 3.05) is 19.8 Å². The molecular weight excluding hydrogens is 494 g/mol. The Morgan fingerprint density at radius 1 is 1.08 bits per heavy atom. The number of hydrogen-bond acceptors (Lipinski definition) is 13. The van der Waals surface area contributed by atoms with Crippen molar-refractivity contribution in [3.05, 3.63) is 59.9 Å². The second-order valence-corrected chi connectivity index (χ2v) is 8.77. The van der Waals surface area contributed by atoms with Crippen LogP contribution in [0.4, 0.5) is 0 Å². The maximum absolute atomic E-state index is 12.2. The summed E-state index contributed by atoms with van der Waals surface area (Å²) >= 11 is 0. The summed E-state index contributed by atoms with van der Waals surface area (Å²) in [6, 6.07) is 9.27. The topological polar surface area (TPSA) is 197 Å². The number of nitrogens with zero attached hydrogens (tertiary/aromatic N) is 1. The summed E-state index contributed by atoms with van der Waals surface area (Å²) < 4.78 is 27.5. The molecule has 2 aromatic rings. The van der Waals surface area contributed by atoms with Gasteiger partial charge in [0.1, 0.15) is 36.8 Å². The summed E-state index contributed by atoms with van der Waals surface area (Å²) in [7, 11) is 0. The Bertz CT molecular complexity index is 1020. The van der Waals surface area contributed by atoms with Crippen LogP contribution in [0.25, 0.3) is 0 Å². The molecule has 13 nitrogen and oxygen atoms in total. The average Bonchev–Trinajstić information content (AvgIpc) is 3.21. The van der Waals surface area contributed by atoms with Gasteiger partial charge in [0.05, 0.1) is 25.4 Å². The Hall–Kier alpha value is -2.72. The molecule has 6 N–H and O–H groups in total. The predicted molar refractivity (Wildman–Crippen MR) is 121 cm³/mol. The van der Waals surface area contributed by atoms with Crippen LogP contribution in [0.15, 0.2) is 48.8 Å². The van der Waals surface area contributed by atoms with E-state index in [9.17, 15) is 35.4 Å². The zero-order valence-corrected chi connectivity index (χ0v) is 19.6. The summed E-state index contributed by atoms with van der Waals surface area (Å²) in [4.78, 5) is 16.0. The van der Waals surface area contributed by atoms with E-state index in [1.54, 1.807) is 12.1 Å². The first-order valence-electron chi connectivity index (χ1n) is 11.5. The molecule has 0 aliphatic carbocycles. The molecule has 0 bridgehead atoms. The standard InChI is InChI=1S/C24H29NO12/c26-9-13-3-5-15(6-4-13)35-22-19(18(29)17(28)16(10-27)36-22)37-23-20(30)24(32,12-34-23)11-33-21(31)14-2-1-7-25-8-14/h1-8,16-20,22-23,26-30,32H,9-12H2. The maximum atomic E-state index is 12.2. The molecule has 202 valence electrons. The fraction of sp³-hybridized carbons (Fsp3) is 0.500. The summed E-state index contributed by atoms with van der Waals surface area (Å²) in [5.74, 6) is -0.504. The monoisotopic (exact) mass is 523 g/mol.